The van der Waals surface area contributed by atoms with Crippen LogP contribution in [0.3, 0.4) is 0 Å². The maximum absolute atomic E-state index is 13.6. The Hall–Kier alpha value is -3.44. The zero-order chi connectivity index (χ0) is 27.3. The van der Waals surface area contributed by atoms with Crippen molar-refractivity contribution in [3.8, 4) is 0 Å². The number of aromatic amines is 2. The lowest BCUT2D eigenvalue weighted by molar-refractivity contribution is -0.121. The fourth-order valence-electron chi connectivity index (χ4n) is 4.74. The van der Waals surface area contributed by atoms with Crippen LogP contribution < -0.4 is 5.32 Å². The predicted molar refractivity (Wildman–Crippen MR) is 142 cm³/mol. The van der Waals surface area contributed by atoms with Crippen LogP contribution in [0.4, 0.5) is 5.95 Å². The molecule has 2 amide bonds. The third-order valence-corrected chi connectivity index (χ3v) is 9.86. The molecule has 1 aromatic carbocycles. The van der Waals surface area contributed by atoms with Crippen LogP contribution in [0.5, 0.6) is 0 Å². The van der Waals surface area contributed by atoms with Gasteiger partial charge in [0.05, 0.1) is 5.69 Å². The number of H-pyrrole nitrogens is 2. The number of carbonyl (C=O) groups is 2. The van der Waals surface area contributed by atoms with E-state index in [4.69, 9.17) is 11.6 Å². The van der Waals surface area contributed by atoms with Gasteiger partial charge in [0, 0.05) is 59.9 Å². The third-order valence-electron chi connectivity index (χ3n) is 6.77. The van der Waals surface area contributed by atoms with Crippen LogP contribution >= 0.6 is 22.9 Å². The SMILES string of the molecule is CN1CCc2nc(C(=O)N3CCN(S(=O)(=O)c4cc5cc(Cl)ccc5[nH]4)CC3C(=O)Nc3nn[nH]n3)sc2C1. The Morgan fingerprint density at radius 3 is 2.85 bits per heavy atom. The molecule has 5 heterocycles. The molecule has 4 aromatic rings. The van der Waals surface area contributed by atoms with Crippen LogP contribution in [0.1, 0.15) is 20.4 Å². The van der Waals surface area contributed by atoms with Gasteiger partial charge in [0.1, 0.15) is 11.1 Å². The fourth-order valence-corrected chi connectivity index (χ4v) is 7.52. The van der Waals surface area contributed by atoms with Crippen LogP contribution in [0.2, 0.25) is 5.02 Å². The second kappa shape index (κ2) is 9.95. The number of thiazole rings is 1. The molecule has 1 saturated heterocycles. The van der Waals surface area contributed by atoms with Gasteiger partial charge in [-0.15, -0.1) is 16.4 Å². The molecule has 6 rings (SSSR count). The number of halogens is 1. The monoisotopic (exact) mass is 590 g/mol. The van der Waals surface area contributed by atoms with Crippen molar-refractivity contribution in [1.29, 1.82) is 0 Å². The van der Waals surface area contributed by atoms with E-state index < -0.39 is 27.9 Å². The highest BCUT2D eigenvalue weighted by atomic mass is 35.5. The van der Waals surface area contributed by atoms with E-state index >= 15 is 0 Å². The average Bonchev–Trinajstić information content (AvgIpc) is 3.67. The highest BCUT2D eigenvalue weighted by Gasteiger charge is 2.42. The number of likely N-dealkylation sites (N-methyl/N-ethyl adjacent to an activating group) is 1. The Morgan fingerprint density at radius 1 is 1.21 bits per heavy atom. The number of tetrazole rings is 1. The summed E-state index contributed by atoms with van der Waals surface area (Å²) in [7, 11) is -2.04. The molecule has 204 valence electrons. The first-order valence-corrected chi connectivity index (χ1v) is 14.6. The number of amides is 2. The van der Waals surface area contributed by atoms with Gasteiger partial charge in [-0.2, -0.15) is 9.52 Å². The summed E-state index contributed by atoms with van der Waals surface area (Å²) in [4.78, 5) is 39.0. The van der Waals surface area contributed by atoms with E-state index in [0.717, 1.165) is 23.5 Å². The summed E-state index contributed by atoms with van der Waals surface area (Å²) < 4.78 is 28.4. The average molecular weight is 591 g/mol. The van der Waals surface area contributed by atoms with E-state index in [0.29, 0.717) is 22.5 Å². The van der Waals surface area contributed by atoms with Crippen molar-refractivity contribution in [1.82, 2.24) is 44.7 Å². The number of rotatable bonds is 5. The number of benzene rings is 1. The fraction of sp³-hybridized carbons (Fsp3) is 0.364. The van der Waals surface area contributed by atoms with Crippen LogP contribution in [0.15, 0.2) is 29.3 Å². The minimum absolute atomic E-state index is 0.00991. The molecule has 14 nitrogen and oxygen atoms in total. The van der Waals surface area contributed by atoms with Gasteiger partial charge in [-0.1, -0.05) is 16.7 Å². The number of nitrogens with one attached hydrogen (secondary N) is 3. The Balaban J connectivity index is 1.29. The first kappa shape index (κ1) is 25.8. The van der Waals surface area contributed by atoms with Crippen molar-refractivity contribution in [3.63, 3.8) is 0 Å². The Kier molecular flexibility index (Phi) is 6.58. The van der Waals surface area contributed by atoms with Gasteiger partial charge in [-0.25, -0.2) is 13.4 Å². The first-order valence-electron chi connectivity index (χ1n) is 12.0. The van der Waals surface area contributed by atoms with Crippen molar-refractivity contribution in [3.05, 3.63) is 44.9 Å². The molecule has 0 bridgehead atoms. The molecule has 2 aliphatic rings. The predicted octanol–water partition coefficient (Wildman–Crippen LogP) is 0.933. The lowest BCUT2D eigenvalue weighted by atomic mass is 10.1. The van der Waals surface area contributed by atoms with Gasteiger partial charge in [0.15, 0.2) is 5.01 Å². The second-order valence-corrected chi connectivity index (χ2v) is 12.8. The maximum Gasteiger partial charge on any atom is 0.283 e. The molecular formula is C22H23ClN10O4S2. The molecule has 1 fully saturated rings. The molecule has 17 heteroatoms. The summed E-state index contributed by atoms with van der Waals surface area (Å²) in [6, 6.07) is 5.35. The minimum Gasteiger partial charge on any atom is -0.345 e. The van der Waals surface area contributed by atoms with Gasteiger partial charge < -0.3 is 14.8 Å². The summed E-state index contributed by atoms with van der Waals surface area (Å²) in [6.45, 7) is 1.24. The number of aromatic nitrogens is 6. The van der Waals surface area contributed by atoms with E-state index in [2.05, 4.69) is 40.8 Å². The molecule has 2 aliphatic heterocycles. The molecule has 1 unspecified atom stereocenters. The third kappa shape index (κ3) is 4.89. The molecule has 3 N–H and O–H groups in total. The molecule has 0 aliphatic carbocycles. The van der Waals surface area contributed by atoms with E-state index in [1.807, 2.05) is 7.05 Å². The maximum atomic E-state index is 13.6. The van der Waals surface area contributed by atoms with Gasteiger partial charge in [0.25, 0.3) is 27.8 Å². The lowest BCUT2D eigenvalue weighted by Crippen LogP contribution is -2.60. The summed E-state index contributed by atoms with van der Waals surface area (Å²) in [5.41, 5.74) is 1.49. The standard InChI is InChI=1S/C22H23ClN10O4S2/c1-31-5-4-15-17(11-31)38-20(25-15)21(35)33-7-6-32(10-16(33)19(34)26-22-27-29-30-28-22)39(36,37)18-9-12-8-13(23)2-3-14(12)24-18/h2-3,8-9,16,24H,4-7,10-11H2,1H3,(H2,26,27,28,29,30,34). The number of carbonyl (C=O) groups excluding carboxylic acids is 2. The number of piperazine rings is 1. The molecule has 39 heavy (non-hydrogen) atoms. The van der Waals surface area contributed by atoms with E-state index in [9.17, 15) is 18.0 Å². The zero-order valence-electron chi connectivity index (χ0n) is 20.6. The minimum atomic E-state index is -4.04. The van der Waals surface area contributed by atoms with Crippen molar-refractivity contribution in [2.45, 2.75) is 24.0 Å². The van der Waals surface area contributed by atoms with Gasteiger partial charge >= 0.3 is 0 Å². The van der Waals surface area contributed by atoms with Crippen molar-refractivity contribution < 1.29 is 18.0 Å². The number of hydrogen-bond donors (Lipinski definition) is 3. The normalized spacial score (nSPS) is 18.8. The summed E-state index contributed by atoms with van der Waals surface area (Å²) in [5, 5.41) is 17.0. The highest BCUT2D eigenvalue weighted by Crippen LogP contribution is 2.29. The summed E-state index contributed by atoms with van der Waals surface area (Å²) in [6.07, 6.45) is 0.735. The van der Waals surface area contributed by atoms with Gasteiger partial charge in [-0.05, 0) is 36.5 Å². The number of nitrogens with zero attached hydrogens (tertiary/aromatic N) is 7. The van der Waals surface area contributed by atoms with Crippen LogP contribution in [0, 0.1) is 0 Å². The van der Waals surface area contributed by atoms with Crippen LogP contribution in [-0.2, 0) is 27.8 Å². The lowest BCUT2D eigenvalue weighted by Gasteiger charge is -2.39. The molecule has 0 radical (unpaired) electrons. The Morgan fingerprint density at radius 2 is 2.05 bits per heavy atom. The van der Waals surface area contributed by atoms with Crippen LogP contribution in [-0.4, -0.2) is 104 Å². The molecule has 0 spiro atoms. The molecule has 3 aromatic heterocycles. The van der Waals surface area contributed by atoms with Crippen molar-refractivity contribution >= 4 is 61.6 Å². The van der Waals surface area contributed by atoms with Gasteiger partial charge in [0.2, 0.25) is 0 Å². The van der Waals surface area contributed by atoms with E-state index in [-0.39, 0.29) is 35.6 Å². The molecule has 0 saturated carbocycles. The largest absolute Gasteiger partial charge is 0.345 e. The second-order valence-electron chi connectivity index (χ2n) is 9.34. The number of fused-ring (bicyclic) bond motifs is 2. The van der Waals surface area contributed by atoms with Crippen molar-refractivity contribution in [2.24, 2.45) is 0 Å². The Labute approximate surface area is 231 Å². The number of hydrogen-bond acceptors (Lipinski definition) is 10. The number of sulfonamides is 1. The van der Waals surface area contributed by atoms with Gasteiger partial charge in [-0.3, -0.25) is 14.9 Å². The number of anilines is 1. The smallest absolute Gasteiger partial charge is 0.283 e. The molecule has 1 atom stereocenters. The zero-order valence-corrected chi connectivity index (χ0v) is 23.0. The first-order chi connectivity index (χ1) is 18.7. The van der Waals surface area contributed by atoms with E-state index in [1.165, 1.54) is 26.6 Å². The van der Waals surface area contributed by atoms with Crippen molar-refractivity contribution in [2.75, 3.05) is 38.5 Å². The quantitative estimate of drug-likeness (QED) is 0.305. The van der Waals surface area contributed by atoms with E-state index in [1.54, 1.807) is 18.2 Å². The summed E-state index contributed by atoms with van der Waals surface area (Å²) >= 11 is 7.36. The summed E-state index contributed by atoms with van der Waals surface area (Å²) in [5.74, 6) is -1.16. The molecular weight excluding hydrogens is 568 g/mol. The van der Waals surface area contributed by atoms with Crippen LogP contribution in [0.25, 0.3) is 10.9 Å². The Bertz CT molecular complexity index is 1670. The highest BCUT2D eigenvalue weighted by molar-refractivity contribution is 7.89. The topological polar surface area (TPSA) is 173 Å².